The largest absolute Gasteiger partial charge is 0.478 e. The smallest absolute Gasteiger partial charge is 0.216 e. The van der Waals surface area contributed by atoms with Crippen LogP contribution in [0.3, 0.4) is 0 Å². The van der Waals surface area contributed by atoms with Crippen molar-refractivity contribution in [2.24, 2.45) is 0 Å². The van der Waals surface area contributed by atoms with Gasteiger partial charge in [-0.2, -0.15) is 14.1 Å². The van der Waals surface area contributed by atoms with Crippen molar-refractivity contribution >= 4 is 11.3 Å². The van der Waals surface area contributed by atoms with Gasteiger partial charge in [0.2, 0.25) is 5.88 Å². The summed E-state index contributed by atoms with van der Waals surface area (Å²) in [7, 11) is 0. The number of nitrogens with zero attached hydrogens (tertiary/aromatic N) is 7. The van der Waals surface area contributed by atoms with Gasteiger partial charge in [-0.15, -0.1) is 5.10 Å². The van der Waals surface area contributed by atoms with E-state index < -0.39 is 0 Å². The van der Waals surface area contributed by atoms with E-state index in [1.165, 1.54) is 0 Å². The maximum Gasteiger partial charge on any atom is 0.216 e. The van der Waals surface area contributed by atoms with E-state index in [1.807, 2.05) is 19.1 Å². The molecule has 4 aromatic heterocycles. The molecule has 0 atom stereocenters. The number of hydrogen-bond donors (Lipinski definition) is 0. The third kappa shape index (κ3) is 3.43. The molecule has 8 nitrogen and oxygen atoms in total. The Bertz CT molecular complexity index is 1170. The quantitative estimate of drug-likeness (QED) is 0.516. The molecule has 0 N–H and O–H groups in total. The molecule has 0 spiro atoms. The molecule has 0 aliphatic heterocycles. The lowest BCUT2D eigenvalue weighted by Gasteiger charge is -2.25. The maximum atomic E-state index is 6.12. The third-order valence-corrected chi connectivity index (χ3v) is 5.44. The molecule has 0 saturated carbocycles. The molecule has 0 saturated heterocycles. The van der Waals surface area contributed by atoms with Gasteiger partial charge in [0, 0.05) is 22.9 Å². The zero-order valence-corrected chi connectivity index (χ0v) is 17.8. The molecular formula is C21H27N7O. The third-order valence-electron chi connectivity index (χ3n) is 5.44. The average Bonchev–Trinajstić information content (AvgIpc) is 3.30. The highest BCUT2D eigenvalue weighted by Gasteiger charge is 2.26. The van der Waals surface area contributed by atoms with Gasteiger partial charge >= 0.3 is 0 Å². The first-order chi connectivity index (χ1) is 13.7. The number of aromatic nitrogens is 7. The van der Waals surface area contributed by atoms with E-state index in [1.54, 1.807) is 15.4 Å². The Morgan fingerprint density at radius 1 is 0.931 bits per heavy atom. The van der Waals surface area contributed by atoms with Crippen LogP contribution in [0.1, 0.15) is 57.9 Å². The van der Waals surface area contributed by atoms with Crippen LogP contribution in [0.15, 0.2) is 30.6 Å². The summed E-state index contributed by atoms with van der Waals surface area (Å²) >= 11 is 0. The predicted molar refractivity (Wildman–Crippen MR) is 110 cm³/mol. The van der Waals surface area contributed by atoms with Crippen molar-refractivity contribution in [1.29, 1.82) is 0 Å². The SMILES string of the molecule is Cc1ccc(C(C)(C)CCOc2ccc(C(C)(C)C)c3ncnn23)c2nnnn12. The van der Waals surface area contributed by atoms with Gasteiger partial charge in [0.05, 0.1) is 6.61 Å². The van der Waals surface area contributed by atoms with Crippen LogP contribution in [-0.2, 0) is 10.8 Å². The highest BCUT2D eigenvalue weighted by Crippen LogP contribution is 2.31. The molecule has 8 heteroatoms. The number of ether oxygens (including phenoxy) is 1. The fourth-order valence-electron chi connectivity index (χ4n) is 3.60. The van der Waals surface area contributed by atoms with Crippen LogP contribution in [0.5, 0.6) is 5.88 Å². The van der Waals surface area contributed by atoms with E-state index >= 15 is 0 Å². The van der Waals surface area contributed by atoms with Crippen LogP contribution in [0, 0.1) is 6.92 Å². The monoisotopic (exact) mass is 393 g/mol. The molecule has 4 heterocycles. The number of tetrazole rings is 1. The summed E-state index contributed by atoms with van der Waals surface area (Å²) in [6.07, 6.45) is 2.37. The standard InChI is InChI=1S/C21H27N7O/c1-14-7-8-16(19-24-25-26-27(14)19)21(5,6)11-12-29-17-10-9-15(20(2,3)4)18-22-13-23-28(17)18/h7-10,13H,11-12H2,1-6H3. The fourth-order valence-corrected chi connectivity index (χ4v) is 3.60. The van der Waals surface area contributed by atoms with Crippen LogP contribution in [0.25, 0.3) is 11.3 Å². The number of aryl methyl sites for hydroxylation is 1. The highest BCUT2D eigenvalue weighted by atomic mass is 16.5. The lowest BCUT2D eigenvalue weighted by Crippen LogP contribution is -2.22. The van der Waals surface area contributed by atoms with Crippen LogP contribution in [0.2, 0.25) is 0 Å². The Balaban J connectivity index is 1.55. The van der Waals surface area contributed by atoms with Gasteiger partial charge in [-0.25, -0.2) is 4.98 Å². The van der Waals surface area contributed by atoms with Crippen LogP contribution in [0.4, 0.5) is 0 Å². The molecule has 4 rings (SSSR count). The topological polar surface area (TPSA) is 82.5 Å². The van der Waals surface area contributed by atoms with E-state index in [0.29, 0.717) is 12.5 Å². The van der Waals surface area contributed by atoms with Crippen molar-refractivity contribution < 1.29 is 4.74 Å². The van der Waals surface area contributed by atoms with Crippen LogP contribution >= 0.6 is 0 Å². The van der Waals surface area contributed by atoms with Crippen molar-refractivity contribution in [3.05, 3.63) is 47.4 Å². The van der Waals surface area contributed by atoms with Gasteiger partial charge in [-0.05, 0) is 46.7 Å². The summed E-state index contributed by atoms with van der Waals surface area (Å²) in [5.74, 6) is 0.694. The fraction of sp³-hybridized carbons (Fsp3) is 0.476. The molecular weight excluding hydrogens is 366 g/mol. The van der Waals surface area contributed by atoms with Gasteiger partial charge in [0.25, 0.3) is 0 Å². The molecule has 29 heavy (non-hydrogen) atoms. The lowest BCUT2D eigenvalue weighted by molar-refractivity contribution is 0.258. The summed E-state index contributed by atoms with van der Waals surface area (Å²) < 4.78 is 9.68. The van der Waals surface area contributed by atoms with Gasteiger partial charge in [0.15, 0.2) is 11.3 Å². The summed E-state index contributed by atoms with van der Waals surface area (Å²) in [4.78, 5) is 4.43. The second-order valence-corrected chi connectivity index (χ2v) is 9.12. The second kappa shape index (κ2) is 6.79. The van der Waals surface area contributed by atoms with Gasteiger partial charge in [-0.3, -0.25) is 0 Å². The van der Waals surface area contributed by atoms with Crippen molar-refractivity contribution in [1.82, 2.24) is 34.6 Å². The molecule has 0 fully saturated rings. The Labute approximate surface area is 169 Å². The van der Waals surface area contributed by atoms with E-state index in [2.05, 4.69) is 72.4 Å². The molecule has 0 bridgehead atoms. The number of fused-ring (bicyclic) bond motifs is 2. The first kappa shape index (κ1) is 19.3. The predicted octanol–water partition coefficient (Wildman–Crippen LogP) is 3.52. The Kier molecular flexibility index (Phi) is 4.52. The second-order valence-electron chi connectivity index (χ2n) is 9.12. The maximum absolute atomic E-state index is 6.12. The summed E-state index contributed by atoms with van der Waals surface area (Å²) in [6, 6.07) is 8.21. The molecule has 0 aliphatic carbocycles. The normalized spacial score (nSPS) is 12.8. The summed E-state index contributed by atoms with van der Waals surface area (Å²) in [5, 5.41) is 16.5. The number of pyridine rings is 2. The zero-order chi connectivity index (χ0) is 20.8. The molecule has 0 aromatic carbocycles. The Morgan fingerprint density at radius 3 is 2.45 bits per heavy atom. The molecule has 0 radical (unpaired) electrons. The minimum Gasteiger partial charge on any atom is -0.478 e. The number of rotatable bonds is 5. The van der Waals surface area contributed by atoms with E-state index in [0.717, 1.165) is 34.5 Å². The van der Waals surface area contributed by atoms with E-state index in [-0.39, 0.29) is 10.8 Å². The number of hydrogen-bond acceptors (Lipinski definition) is 6. The van der Waals surface area contributed by atoms with Crippen LogP contribution in [-0.4, -0.2) is 41.2 Å². The van der Waals surface area contributed by atoms with Crippen molar-refractivity contribution in [2.75, 3.05) is 6.61 Å². The molecule has 4 aromatic rings. The lowest BCUT2D eigenvalue weighted by atomic mass is 9.82. The summed E-state index contributed by atoms with van der Waals surface area (Å²) in [6.45, 7) is 13.4. The van der Waals surface area contributed by atoms with E-state index in [4.69, 9.17) is 4.74 Å². The first-order valence-corrected chi connectivity index (χ1v) is 9.83. The minimum absolute atomic E-state index is 0.0160. The first-order valence-electron chi connectivity index (χ1n) is 9.83. The highest BCUT2D eigenvalue weighted by molar-refractivity contribution is 5.53. The Hall–Kier alpha value is -3.03. The van der Waals surface area contributed by atoms with Gasteiger partial charge < -0.3 is 4.74 Å². The Morgan fingerprint density at radius 2 is 1.69 bits per heavy atom. The van der Waals surface area contributed by atoms with Crippen molar-refractivity contribution in [2.45, 2.75) is 58.8 Å². The molecule has 0 unspecified atom stereocenters. The van der Waals surface area contributed by atoms with Crippen molar-refractivity contribution in [3.63, 3.8) is 0 Å². The van der Waals surface area contributed by atoms with Gasteiger partial charge in [-0.1, -0.05) is 40.7 Å². The minimum atomic E-state index is -0.156. The molecule has 152 valence electrons. The van der Waals surface area contributed by atoms with E-state index in [9.17, 15) is 0 Å². The average molecular weight is 393 g/mol. The summed E-state index contributed by atoms with van der Waals surface area (Å²) in [5.41, 5.74) is 4.71. The molecule has 0 aliphatic rings. The molecule has 0 amide bonds. The van der Waals surface area contributed by atoms with Crippen LogP contribution < -0.4 is 4.74 Å². The zero-order valence-electron chi connectivity index (χ0n) is 17.8. The van der Waals surface area contributed by atoms with Crippen molar-refractivity contribution in [3.8, 4) is 5.88 Å². The van der Waals surface area contributed by atoms with Gasteiger partial charge in [0.1, 0.15) is 6.33 Å².